The fourth-order valence-corrected chi connectivity index (χ4v) is 5.08. The molecule has 0 bridgehead atoms. The van der Waals surface area contributed by atoms with Crippen molar-refractivity contribution in [2.45, 2.75) is 155 Å². The first-order valence-electron chi connectivity index (χ1n) is 16.0. The molecule has 1 amide bonds. The van der Waals surface area contributed by atoms with Gasteiger partial charge in [-0.3, -0.25) is 18.6 Å². The van der Waals surface area contributed by atoms with Gasteiger partial charge in [-0.2, -0.15) is 0 Å². The maximum absolute atomic E-state index is 12.0. The average Bonchev–Trinajstić information content (AvgIpc) is 2.93. The first-order valence-corrected chi connectivity index (χ1v) is 17.5. The number of phosphoric acid groups is 1. The van der Waals surface area contributed by atoms with Gasteiger partial charge in [0.15, 0.2) is 0 Å². The topological polar surface area (TPSA) is 131 Å². The van der Waals surface area contributed by atoms with Crippen molar-refractivity contribution in [2.75, 3.05) is 26.4 Å². The molecule has 0 saturated carbocycles. The molecule has 0 aliphatic carbocycles. The Labute approximate surface area is 244 Å². The number of unbranched alkanes of at least 4 members (excludes halogenated alkanes) is 17. The third-order valence-electron chi connectivity index (χ3n) is 6.79. The highest BCUT2D eigenvalue weighted by Gasteiger charge is 2.23. The van der Waals surface area contributed by atoms with Crippen molar-refractivity contribution in [3.63, 3.8) is 0 Å². The van der Waals surface area contributed by atoms with E-state index < -0.39 is 26.5 Å². The Morgan fingerprint density at radius 1 is 0.675 bits per heavy atom. The molecule has 3 N–H and O–H groups in total. The molecule has 0 heterocycles. The number of nitrogens with one attached hydrogen (secondary N) is 1. The van der Waals surface area contributed by atoms with Crippen molar-refractivity contribution in [2.24, 2.45) is 0 Å². The van der Waals surface area contributed by atoms with E-state index in [1.54, 1.807) is 0 Å². The van der Waals surface area contributed by atoms with Gasteiger partial charge in [-0.15, -0.1) is 0 Å². The molecule has 0 fully saturated rings. The lowest BCUT2D eigenvalue weighted by Gasteiger charge is -2.15. The van der Waals surface area contributed by atoms with E-state index in [4.69, 9.17) is 13.8 Å². The van der Waals surface area contributed by atoms with Crippen molar-refractivity contribution in [3.05, 3.63) is 0 Å². The number of aliphatic hydroxyl groups is 1. The summed E-state index contributed by atoms with van der Waals surface area (Å²) in [4.78, 5) is 33.4. The Hall–Kier alpha value is -0.990. The number of phosphoric ester groups is 1. The molecule has 0 aromatic heterocycles. The van der Waals surface area contributed by atoms with E-state index in [9.17, 15) is 24.2 Å². The second-order valence-corrected chi connectivity index (χ2v) is 12.2. The van der Waals surface area contributed by atoms with Crippen LogP contribution in [0.25, 0.3) is 0 Å². The molecule has 0 aromatic carbocycles. The number of rotatable bonds is 30. The van der Waals surface area contributed by atoms with Crippen molar-refractivity contribution in [3.8, 4) is 0 Å². The molecule has 9 nitrogen and oxygen atoms in total. The predicted molar refractivity (Wildman–Crippen MR) is 160 cm³/mol. The fourth-order valence-electron chi connectivity index (χ4n) is 4.32. The van der Waals surface area contributed by atoms with Gasteiger partial charge in [0.1, 0.15) is 12.7 Å². The minimum Gasteiger partial charge on any atom is -0.463 e. The fraction of sp³-hybridized carbons (Fsp3) is 0.933. The second kappa shape index (κ2) is 28.1. The molecule has 0 radical (unpaired) electrons. The molecule has 0 aliphatic rings. The van der Waals surface area contributed by atoms with Gasteiger partial charge in [-0.25, -0.2) is 4.57 Å². The second-order valence-electron chi connectivity index (χ2n) is 10.8. The van der Waals surface area contributed by atoms with Crippen molar-refractivity contribution in [1.82, 2.24) is 5.32 Å². The van der Waals surface area contributed by atoms with Crippen LogP contribution in [0.4, 0.5) is 0 Å². The van der Waals surface area contributed by atoms with Crippen LogP contribution in [-0.4, -0.2) is 54.3 Å². The van der Waals surface area contributed by atoms with Crippen LogP contribution in [-0.2, 0) is 27.9 Å². The molecular weight excluding hydrogens is 533 g/mol. The minimum absolute atomic E-state index is 0.0868. The molecular formula is C30H60NO8P. The molecule has 0 spiro atoms. The monoisotopic (exact) mass is 593 g/mol. The quantitative estimate of drug-likeness (QED) is 0.0447. The molecule has 40 heavy (non-hydrogen) atoms. The van der Waals surface area contributed by atoms with Crippen LogP contribution in [0.2, 0.25) is 0 Å². The van der Waals surface area contributed by atoms with E-state index in [0.717, 1.165) is 38.5 Å². The molecule has 0 aromatic rings. The number of esters is 1. The number of hydrogen-bond donors (Lipinski definition) is 3. The zero-order valence-electron chi connectivity index (χ0n) is 25.5. The van der Waals surface area contributed by atoms with Crippen LogP contribution in [0.3, 0.4) is 0 Å². The lowest BCUT2D eigenvalue weighted by Crippen LogP contribution is -2.27. The molecule has 0 saturated heterocycles. The summed E-state index contributed by atoms with van der Waals surface area (Å²) in [7, 11) is -4.39. The van der Waals surface area contributed by atoms with Crippen LogP contribution in [0.15, 0.2) is 0 Å². The summed E-state index contributed by atoms with van der Waals surface area (Å²) >= 11 is 0. The van der Waals surface area contributed by atoms with Crippen LogP contribution >= 0.6 is 7.82 Å². The van der Waals surface area contributed by atoms with Gasteiger partial charge in [-0.05, 0) is 12.8 Å². The molecule has 2 unspecified atom stereocenters. The van der Waals surface area contributed by atoms with Gasteiger partial charge >= 0.3 is 13.8 Å². The maximum atomic E-state index is 12.0. The number of carbonyl (C=O) groups is 2. The predicted octanol–water partition coefficient (Wildman–Crippen LogP) is 7.37. The number of amides is 1. The first-order chi connectivity index (χ1) is 19.3. The molecule has 0 rings (SSSR count). The van der Waals surface area contributed by atoms with E-state index in [-0.39, 0.29) is 32.1 Å². The number of aliphatic hydroxyl groups excluding tert-OH is 1. The highest BCUT2D eigenvalue weighted by molar-refractivity contribution is 7.47. The summed E-state index contributed by atoms with van der Waals surface area (Å²) in [5.41, 5.74) is 0. The minimum atomic E-state index is -4.39. The summed E-state index contributed by atoms with van der Waals surface area (Å²) in [6.07, 6.45) is 21.8. The SMILES string of the molecule is CCCCCCCCCCCCC(=O)NCCOP(=O)(O)OCC(O)COC(=O)CCCCCCCCCCC. The summed E-state index contributed by atoms with van der Waals surface area (Å²) in [6.45, 7) is 3.50. The van der Waals surface area contributed by atoms with Crippen LogP contribution in [0, 0.1) is 0 Å². The van der Waals surface area contributed by atoms with Gasteiger partial charge < -0.3 is 20.1 Å². The Balaban J connectivity index is 3.65. The zero-order valence-corrected chi connectivity index (χ0v) is 26.4. The van der Waals surface area contributed by atoms with Crippen LogP contribution in [0.1, 0.15) is 149 Å². The van der Waals surface area contributed by atoms with E-state index in [0.29, 0.717) is 6.42 Å². The normalized spacial score (nSPS) is 13.6. The average molecular weight is 594 g/mol. The van der Waals surface area contributed by atoms with Gasteiger partial charge in [-0.1, -0.05) is 123 Å². The van der Waals surface area contributed by atoms with Crippen molar-refractivity contribution >= 4 is 19.7 Å². The number of ether oxygens (including phenoxy) is 1. The molecule has 238 valence electrons. The van der Waals surface area contributed by atoms with E-state index >= 15 is 0 Å². The van der Waals surface area contributed by atoms with Gasteiger partial charge in [0.25, 0.3) is 0 Å². The molecule has 0 aliphatic heterocycles. The zero-order chi connectivity index (χ0) is 29.7. The summed E-state index contributed by atoms with van der Waals surface area (Å²) in [5.74, 6) is -0.518. The lowest BCUT2D eigenvalue weighted by atomic mass is 10.1. The number of carbonyl (C=O) groups excluding carboxylic acids is 2. The Morgan fingerprint density at radius 3 is 1.62 bits per heavy atom. The Morgan fingerprint density at radius 2 is 1.12 bits per heavy atom. The largest absolute Gasteiger partial charge is 0.472 e. The Bertz CT molecular complexity index is 649. The smallest absolute Gasteiger partial charge is 0.463 e. The summed E-state index contributed by atoms with van der Waals surface area (Å²) in [5, 5.41) is 12.5. The summed E-state index contributed by atoms with van der Waals surface area (Å²) in [6, 6.07) is 0. The summed E-state index contributed by atoms with van der Waals surface area (Å²) < 4.78 is 26.6. The molecule has 2 atom stereocenters. The van der Waals surface area contributed by atoms with E-state index in [2.05, 4.69) is 19.2 Å². The third-order valence-corrected chi connectivity index (χ3v) is 7.77. The van der Waals surface area contributed by atoms with Gasteiger partial charge in [0, 0.05) is 19.4 Å². The van der Waals surface area contributed by atoms with Crippen LogP contribution in [0.5, 0.6) is 0 Å². The van der Waals surface area contributed by atoms with Gasteiger partial charge in [0.05, 0.1) is 13.2 Å². The third kappa shape index (κ3) is 28.5. The highest BCUT2D eigenvalue weighted by atomic mass is 31.2. The van der Waals surface area contributed by atoms with Crippen molar-refractivity contribution in [1.29, 1.82) is 0 Å². The first kappa shape index (κ1) is 39.0. The highest BCUT2D eigenvalue weighted by Crippen LogP contribution is 2.42. The standard InChI is InChI=1S/C30H60NO8P/c1-3-5-7-9-11-13-15-16-18-20-22-29(33)31-24-25-38-40(35,36)39-27-28(32)26-37-30(34)23-21-19-17-14-12-10-8-6-4-2/h28,32H,3-27H2,1-2H3,(H,31,33)(H,35,36). The van der Waals surface area contributed by atoms with Crippen LogP contribution < -0.4 is 5.32 Å². The Kier molecular flexibility index (Phi) is 27.4. The van der Waals surface area contributed by atoms with Crippen molar-refractivity contribution < 1.29 is 37.9 Å². The van der Waals surface area contributed by atoms with E-state index in [1.165, 1.54) is 83.5 Å². The number of hydrogen-bond acceptors (Lipinski definition) is 7. The molecule has 10 heteroatoms. The van der Waals surface area contributed by atoms with E-state index in [1.807, 2.05) is 0 Å². The van der Waals surface area contributed by atoms with Gasteiger partial charge in [0.2, 0.25) is 5.91 Å². The lowest BCUT2D eigenvalue weighted by molar-refractivity contribution is -0.147. The maximum Gasteiger partial charge on any atom is 0.472 e.